The molecule has 0 aliphatic carbocycles. The first kappa shape index (κ1) is 16.0. The third-order valence-corrected chi connectivity index (χ3v) is 5.97. The molecular formula is C14H20INO3S. The van der Waals surface area contributed by atoms with Gasteiger partial charge in [0.25, 0.3) is 0 Å². The normalized spacial score (nSPS) is 21.2. The maximum atomic E-state index is 11.4. The van der Waals surface area contributed by atoms with Crippen LogP contribution in [0.15, 0.2) is 24.3 Å². The van der Waals surface area contributed by atoms with Gasteiger partial charge in [0.15, 0.2) is 9.84 Å². The van der Waals surface area contributed by atoms with Gasteiger partial charge in [-0.25, -0.2) is 8.42 Å². The number of rotatable bonds is 6. The average molecular weight is 409 g/mol. The lowest BCUT2D eigenvalue weighted by atomic mass is 10.2. The van der Waals surface area contributed by atoms with Crippen molar-refractivity contribution >= 4 is 32.4 Å². The van der Waals surface area contributed by atoms with Crippen LogP contribution < -0.4 is 4.74 Å². The average Bonchev–Trinajstić information content (AvgIpc) is 2.75. The third-order valence-electron chi connectivity index (χ3n) is 3.55. The lowest BCUT2D eigenvalue weighted by Crippen LogP contribution is -2.34. The molecule has 0 saturated carbocycles. The molecule has 1 fully saturated rings. The van der Waals surface area contributed by atoms with Crippen LogP contribution in [-0.2, 0) is 9.84 Å². The molecule has 1 atom stereocenters. The summed E-state index contributed by atoms with van der Waals surface area (Å²) in [6, 6.07) is 8.15. The second-order valence-corrected chi connectivity index (χ2v) is 8.67. The summed E-state index contributed by atoms with van der Waals surface area (Å²) in [4.78, 5) is 2.14. The van der Waals surface area contributed by atoms with Gasteiger partial charge in [0.05, 0.1) is 18.1 Å². The van der Waals surface area contributed by atoms with Crippen molar-refractivity contribution in [3.05, 3.63) is 27.8 Å². The Balaban J connectivity index is 1.68. The second-order valence-electron chi connectivity index (χ2n) is 5.20. The summed E-state index contributed by atoms with van der Waals surface area (Å²) < 4.78 is 29.7. The van der Waals surface area contributed by atoms with Gasteiger partial charge in [0, 0.05) is 16.2 Å². The lowest BCUT2D eigenvalue weighted by Gasteiger charge is -2.22. The Kier molecular flexibility index (Phi) is 5.68. The Labute approximate surface area is 134 Å². The van der Waals surface area contributed by atoms with Gasteiger partial charge >= 0.3 is 0 Å². The summed E-state index contributed by atoms with van der Waals surface area (Å²) in [6.07, 6.45) is 1.66. The van der Waals surface area contributed by atoms with E-state index in [4.69, 9.17) is 4.74 Å². The van der Waals surface area contributed by atoms with Crippen molar-refractivity contribution in [1.82, 2.24) is 4.90 Å². The van der Waals surface area contributed by atoms with Crippen molar-refractivity contribution in [3.63, 3.8) is 0 Å². The zero-order valence-electron chi connectivity index (χ0n) is 11.6. The molecule has 0 radical (unpaired) electrons. The molecule has 1 heterocycles. The monoisotopic (exact) mass is 409 g/mol. The molecule has 0 amide bonds. The topological polar surface area (TPSA) is 46.6 Å². The van der Waals surface area contributed by atoms with Crippen LogP contribution in [0.2, 0.25) is 0 Å². The Bertz CT molecular complexity index is 547. The van der Waals surface area contributed by atoms with Crippen LogP contribution in [0.3, 0.4) is 0 Å². The molecule has 1 saturated heterocycles. The van der Waals surface area contributed by atoms with Crippen molar-refractivity contribution < 1.29 is 13.2 Å². The molecule has 112 valence electrons. The molecule has 1 aliphatic heterocycles. The predicted octanol–water partition coefficient (Wildman–Crippen LogP) is 2.18. The van der Waals surface area contributed by atoms with E-state index in [2.05, 4.69) is 27.5 Å². The molecule has 1 aromatic carbocycles. The van der Waals surface area contributed by atoms with E-state index in [0.29, 0.717) is 18.1 Å². The van der Waals surface area contributed by atoms with E-state index in [9.17, 15) is 8.42 Å². The minimum absolute atomic E-state index is 0.178. The van der Waals surface area contributed by atoms with Crippen molar-refractivity contribution in [2.75, 3.05) is 31.7 Å². The van der Waals surface area contributed by atoms with E-state index in [0.717, 1.165) is 28.7 Å². The van der Waals surface area contributed by atoms with Gasteiger partial charge < -0.3 is 9.64 Å². The molecule has 0 N–H and O–H groups in total. The molecular weight excluding hydrogens is 389 g/mol. The van der Waals surface area contributed by atoms with E-state index in [1.165, 1.54) is 0 Å². The van der Waals surface area contributed by atoms with Crippen LogP contribution >= 0.6 is 22.6 Å². The molecule has 1 unspecified atom stereocenters. The van der Waals surface area contributed by atoms with Crippen LogP contribution in [0.25, 0.3) is 0 Å². The van der Waals surface area contributed by atoms with E-state index >= 15 is 0 Å². The maximum Gasteiger partial charge on any atom is 0.151 e. The predicted molar refractivity (Wildman–Crippen MR) is 89.0 cm³/mol. The van der Waals surface area contributed by atoms with E-state index in [1.807, 2.05) is 31.3 Å². The van der Waals surface area contributed by atoms with Crippen LogP contribution in [-0.4, -0.2) is 51.1 Å². The number of nitrogens with zero attached hydrogens (tertiary/aromatic N) is 1. The van der Waals surface area contributed by atoms with Crippen molar-refractivity contribution in [3.8, 4) is 5.75 Å². The molecule has 1 aliphatic rings. The van der Waals surface area contributed by atoms with Crippen molar-refractivity contribution in [1.29, 1.82) is 0 Å². The lowest BCUT2D eigenvalue weighted by molar-refractivity contribution is 0.227. The highest BCUT2D eigenvalue weighted by Gasteiger charge is 2.30. The van der Waals surface area contributed by atoms with Crippen LogP contribution in [0, 0.1) is 3.57 Å². The summed E-state index contributed by atoms with van der Waals surface area (Å²) in [5.41, 5.74) is 0. The number of halogens is 1. The minimum atomic E-state index is -2.79. The molecule has 20 heavy (non-hydrogen) atoms. The first-order valence-corrected chi connectivity index (χ1v) is 9.65. The molecule has 1 aromatic rings. The summed E-state index contributed by atoms with van der Waals surface area (Å²) in [5.74, 6) is 1.53. The SMILES string of the molecule is CN(CCCOc1cccc(I)c1)C1CCS(=O)(=O)C1. The van der Waals surface area contributed by atoms with Gasteiger partial charge in [-0.15, -0.1) is 0 Å². The zero-order valence-corrected chi connectivity index (χ0v) is 14.6. The van der Waals surface area contributed by atoms with Crippen LogP contribution in [0.5, 0.6) is 5.75 Å². The Morgan fingerprint density at radius 1 is 1.45 bits per heavy atom. The van der Waals surface area contributed by atoms with E-state index in [-0.39, 0.29) is 6.04 Å². The number of hydrogen-bond donors (Lipinski definition) is 0. The number of hydrogen-bond acceptors (Lipinski definition) is 4. The molecule has 0 aromatic heterocycles. The van der Waals surface area contributed by atoms with Crippen molar-refractivity contribution in [2.45, 2.75) is 18.9 Å². The van der Waals surface area contributed by atoms with Crippen molar-refractivity contribution in [2.24, 2.45) is 0 Å². The van der Waals surface area contributed by atoms with Gasteiger partial charge in [0.1, 0.15) is 5.75 Å². The molecule has 6 heteroatoms. The first-order chi connectivity index (χ1) is 9.46. The fourth-order valence-corrected chi connectivity index (χ4v) is 4.69. The fourth-order valence-electron chi connectivity index (χ4n) is 2.37. The Hall–Kier alpha value is -0.340. The molecule has 0 bridgehead atoms. The largest absolute Gasteiger partial charge is 0.494 e. The maximum absolute atomic E-state index is 11.4. The Morgan fingerprint density at radius 2 is 2.25 bits per heavy atom. The standard InChI is InChI=1S/C14H20INO3S/c1-16(13-6-9-20(17,18)11-13)7-3-8-19-14-5-2-4-12(15)10-14/h2,4-5,10,13H,3,6-9,11H2,1H3. The number of sulfone groups is 1. The van der Waals surface area contributed by atoms with Crippen LogP contribution in [0.4, 0.5) is 0 Å². The zero-order chi connectivity index (χ0) is 14.6. The Morgan fingerprint density at radius 3 is 2.90 bits per heavy atom. The summed E-state index contributed by atoms with van der Waals surface area (Å²) in [7, 11) is -0.796. The van der Waals surface area contributed by atoms with E-state index in [1.54, 1.807) is 0 Å². The smallest absolute Gasteiger partial charge is 0.151 e. The number of benzene rings is 1. The highest BCUT2D eigenvalue weighted by atomic mass is 127. The fraction of sp³-hybridized carbons (Fsp3) is 0.571. The summed E-state index contributed by atoms with van der Waals surface area (Å²) >= 11 is 2.26. The van der Waals surface area contributed by atoms with Crippen LogP contribution in [0.1, 0.15) is 12.8 Å². The first-order valence-electron chi connectivity index (χ1n) is 6.75. The summed E-state index contributed by atoms with van der Waals surface area (Å²) in [6.45, 7) is 1.52. The van der Waals surface area contributed by atoms with Gasteiger partial charge in [-0.05, 0) is 60.7 Å². The highest BCUT2D eigenvalue weighted by Crippen LogP contribution is 2.17. The van der Waals surface area contributed by atoms with E-state index < -0.39 is 9.84 Å². The van der Waals surface area contributed by atoms with Gasteiger partial charge in [-0.3, -0.25) is 0 Å². The number of ether oxygens (including phenoxy) is 1. The second kappa shape index (κ2) is 7.09. The molecule has 2 rings (SSSR count). The minimum Gasteiger partial charge on any atom is -0.494 e. The third kappa shape index (κ3) is 4.89. The van der Waals surface area contributed by atoms with Gasteiger partial charge in [0.2, 0.25) is 0 Å². The highest BCUT2D eigenvalue weighted by molar-refractivity contribution is 14.1. The van der Waals surface area contributed by atoms with Gasteiger partial charge in [-0.2, -0.15) is 0 Å². The quantitative estimate of drug-likeness (QED) is 0.534. The molecule has 0 spiro atoms. The van der Waals surface area contributed by atoms with Gasteiger partial charge in [-0.1, -0.05) is 6.07 Å². The molecule has 4 nitrogen and oxygen atoms in total. The summed E-state index contributed by atoms with van der Waals surface area (Å²) in [5, 5.41) is 0.